The lowest BCUT2D eigenvalue weighted by Gasteiger charge is -2.12. The minimum atomic E-state index is -0.345. The molecule has 2 amide bonds. The van der Waals surface area contributed by atoms with E-state index >= 15 is 0 Å². The molecule has 3 rings (SSSR count). The molecular formula is C25H25N3O4S. The fraction of sp³-hybridized carbons (Fsp3) is 0.160. The van der Waals surface area contributed by atoms with Gasteiger partial charge in [-0.15, -0.1) is 0 Å². The quantitative estimate of drug-likeness (QED) is 0.317. The van der Waals surface area contributed by atoms with Crippen molar-refractivity contribution < 1.29 is 19.1 Å². The Kier molecular flexibility index (Phi) is 8.79. The van der Waals surface area contributed by atoms with Crippen LogP contribution in [0.15, 0.2) is 78.9 Å². The molecule has 3 aromatic carbocycles. The van der Waals surface area contributed by atoms with Crippen LogP contribution in [0.1, 0.15) is 23.7 Å². The first-order valence-corrected chi connectivity index (χ1v) is 10.9. The highest BCUT2D eigenvalue weighted by Gasteiger charge is 2.09. The summed E-state index contributed by atoms with van der Waals surface area (Å²) in [7, 11) is 0. The van der Waals surface area contributed by atoms with E-state index in [1.54, 1.807) is 55.5 Å². The largest absolute Gasteiger partial charge is 0.490 e. The Balaban J connectivity index is 1.44. The highest BCUT2D eigenvalue weighted by molar-refractivity contribution is 7.80. The van der Waals surface area contributed by atoms with Crippen LogP contribution >= 0.6 is 12.2 Å². The van der Waals surface area contributed by atoms with Crippen molar-refractivity contribution in [3.8, 4) is 11.5 Å². The summed E-state index contributed by atoms with van der Waals surface area (Å²) in [6, 6.07) is 23.3. The molecule has 0 saturated heterocycles. The summed E-state index contributed by atoms with van der Waals surface area (Å²) in [4.78, 5) is 24.0. The van der Waals surface area contributed by atoms with E-state index in [0.717, 1.165) is 5.75 Å². The summed E-state index contributed by atoms with van der Waals surface area (Å²) in [6.45, 7) is 2.57. The summed E-state index contributed by atoms with van der Waals surface area (Å²) in [5.74, 6) is 0.992. The molecule has 0 bridgehead atoms. The zero-order chi connectivity index (χ0) is 23.5. The lowest BCUT2D eigenvalue weighted by molar-refractivity contribution is -0.115. The van der Waals surface area contributed by atoms with Crippen LogP contribution in [0.3, 0.4) is 0 Å². The van der Waals surface area contributed by atoms with E-state index in [4.69, 9.17) is 21.7 Å². The lowest BCUT2D eigenvalue weighted by Crippen LogP contribution is -2.34. The van der Waals surface area contributed by atoms with Crippen molar-refractivity contribution in [2.45, 2.75) is 13.3 Å². The number of para-hydroxylation sites is 1. The topological polar surface area (TPSA) is 88.7 Å². The molecule has 7 nitrogen and oxygen atoms in total. The molecule has 170 valence electrons. The Morgan fingerprint density at radius 3 is 2.03 bits per heavy atom. The third-order valence-corrected chi connectivity index (χ3v) is 4.64. The van der Waals surface area contributed by atoms with E-state index in [2.05, 4.69) is 16.0 Å². The molecule has 0 aliphatic heterocycles. The highest BCUT2D eigenvalue weighted by Crippen LogP contribution is 2.16. The van der Waals surface area contributed by atoms with Crippen molar-refractivity contribution in [3.63, 3.8) is 0 Å². The fourth-order valence-corrected chi connectivity index (χ4v) is 3.01. The fourth-order valence-electron chi connectivity index (χ4n) is 2.80. The van der Waals surface area contributed by atoms with Gasteiger partial charge in [0.1, 0.15) is 24.7 Å². The zero-order valence-electron chi connectivity index (χ0n) is 18.2. The monoisotopic (exact) mass is 463 g/mol. The number of amides is 2. The molecule has 0 aliphatic carbocycles. The molecule has 0 radical (unpaired) electrons. The number of ether oxygens (including phenoxy) is 2. The van der Waals surface area contributed by atoms with Crippen LogP contribution < -0.4 is 25.4 Å². The molecule has 0 atom stereocenters. The Hall–Kier alpha value is -3.91. The summed E-state index contributed by atoms with van der Waals surface area (Å²) >= 11 is 5.23. The SMILES string of the molecule is CCC(=O)Nc1cccc(NC(=S)NC(=O)c2ccc(OCCOc3ccccc3)cc2)c1. The molecule has 33 heavy (non-hydrogen) atoms. The molecule has 0 heterocycles. The maximum absolute atomic E-state index is 12.5. The zero-order valence-corrected chi connectivity index (χ0v) is 19.0. The van der Waals surface area contributed by atoms with Gasteiger partial charge >= 0.3 is 0 Å². The van der Waals surface area contributed by atoms with E-state index in [-0.39, 0.29) is 16.9 Å². The third-order valence-electron chi connectivity index (χ3n) is 4.43. The van der Waals surface area contributed by atoms with Gasteiger partial charge in [-0.3, -0.25) is 14.9 Å². The van der Waals surface area contributed by atoms with Crippen LogP contribution in [0.25, 0.3) is 0 Å². The molecule has 0 aromatic heterocycles. The maximum Gasteiger partial charge on any atom is 0.257 e. The number of hydrogen-bond acceptors (Lipinski definition) is 5. The standard InChI is InChI=1S/C25H25N3O4S/c1-2-23(29)26-19-7-6-8-20(17-19)27-25(33)28-24(30)18-11-13-22(14-12-18)32-16-15-31-21-9-4-3-5-10-21/h3-14,17H,2,15-16H2,1H3,(H,26,29)(H2,27,28,30,33). The second-order valence-corrected chi connectivity index (χ2v) is 7.33. The van der Waals surface area contributed by atoms with Gasteiger partial charge < -0.3 is 20.1 Å². The Labute approximate surface area is 198 Å². The minimum Gasteiger partial charge on any atom is -0.490 e. The van der Waals surface area contributed by atoms with Gasteiger partial charge in [0.15, 0.2) is 5.11 Å². The molecule has 0 aliphatic rings. The second-order valence-electron chi connectivity index (χ2n) is 6.93. The molecule has 0 fully saturated rings. The van der Waals surface area contributed by atoms with Crippen molar-refractivity contribution in [3.05, 3.63) is 84.4 Å². The molecule has 0 unspecified atom stereocenters. The predicted octanol–water partition coefficient (Wildman–Crippen LogP) is 4.62. The van der Waals surface area contributed by atoms with E-state index in [0.29, 0.717) is 42.3 Å². The van der Waals surface area contributed by atoms with Gasteiger partial charge in [-0.05, 0) is 66.8 Å². The van der Waals surface area contributed by atoms with Crippen molar-refractivity contribution >= 4 is 40.5 Å². The van der Waals surface area contributed by atoms with E-state index < -0.39 is 0 Å². The van der Waals surface area contributed by atoms with Crippen LogP contribution in [-0.4, -0.2) is 30.1 Å². The lowest BCUT2D eigenvalue weighted by atomic mass is 10.2. The van der Waals surface area contributed by atoms with Gasteiger partial charge in [0.05, 0.1) is 0 Å². The third kappa shape index (κ3) is 7.93. The van der Waals surface area contributed by atoms with Gasteiger partial charge in [-0.1, -0.05) is 31.2 Å². The number of thiocarbonyl (C=S) groups is 1. The Morgan fingerprint density at radius 1 is 0.788 bits per heavy atom. The first-order valence-electron chi connectivity index (χ1n) is 10.5. The number of hydrogen-bond donors (Lipinski definition) is 3. The molecule has 8 heteroatoms. The average molecular weight is 464 g/mol. The van der Waals surface area contributed by atoms with E-state index in [9.17, 15) is 9.59 Å². The number of carbonyl (C=O) groups is 2. The smallest absolute Gasteiger partial charge is 0.257 e. The molecule has 3 aromatic rings. The van der Waals surface area contributed by atoms with Crippen molar-refractivity contribution in [2.24, 2.45) is 0 Å². The first kappa shape index (κ1) is 23.7. The van der Waals surface area contributed by atoms with Crippen LogP contribution in [0.5, 0.6) is 11.5 Å². The van der Waals surface area contributed by atoms with Gasteiger partial charge in [-0.25, -0.2) is 0 Å². The van der Waals surface area contributed by atoms with Gasteiger partial charge in [0.25, 0.3) is 5.91 Å². The summed E-state index contributed by atoms with van der Waals surface area (Å²) < 4.78 is 11.2. The van der Waals surface area contributed by atoms with Crippen LogP contribution in [0, 0.1) is 0 Å². The van der Waals surface area contributed by atoms with E-state index in [1.807, 2.05) is 30.3 Å². The summed E-state index contributed by atoms with van der Waals surface area (Å²) in [5.41, 5.74) is 1.73. The molecule has 0 saturated carbocycles. The average Bonchev–Trinajstić information content (AvgIpc) is 2.83. The minimum absolute atomic E-state index is 0.0841. The number of rotatable bonds is 9. The van der Waals surface area contributed by atoms with E-state index in [1.165, 1.54) is 0 Å². The number of anilines is 2. The van der Waals surface area contributed by atoms with Crippen LogP contribution in [0.2, 0.25) is 0 Å². The van der Waals surface area contributed by atoms with Gasteiger partial charge in [-0.2, -0.15) is 0 Å². The predicted molar refractivity (Wildman–Crippen MR) is 133 cm³/mol. The maximum atomic E-state index is 12.5. The first-order chi connectivity index (χ1) is 16.0. The Bertz CT molecular complexity index is 1090. The summed E-state index contributed by atoms with van der Waals surface area (Å²) in [5, 5.41) is 8.51. The highest BCUT2D eigenvalue weighted by atomic mass is 32.1. The van der Waals surface area contributed by atoms with Crippen molar-refractivity contribution in [1.82, 2.24) is 5.32 Å². The second kappa shape index (κ2) is 12.2. The van der Waals surface area contributed by atoms with Gasteiger partial charge in [0, 0.05) is 23.4 Å². The van der Waals surface area contributed by atoms with Gasteiger partial charge in [0.2, 0.25) is 5.91 Å². The summed E-state index contributed by atoms with van der Waals surface area (Å²) in [6.07, 6.45) is 0.386. The van der Waals surface area contributed by atoms with Crippen LogP contribution in [-0.2, 0) is 4.79 Å². The van der Waals surface area contributed by atoms with Crippen molar-refractivity contribution in [2.75, 3.05) is 23.8 Å². The van der Waals surface area contributed by atoms with Crippen LogP contribution in [0.4, 0.5) is 11.4 Å². The number of carbonyl (C=O) groups excluding carboxylic acids is 2. The normalized spacial score (nSPS) is 10.1. The number of nitrogens with one attached hydrogen (secondary N) is 3. The molecular weight excluding hydrogens is 438 g/mol. The molecule has 0 spiro atoms. The molecule has 3 N–H and O–H groups in total. The Morgan fingerprint density at radius 2 is 1.39 bits per heavy atom. The number of benzene rings is 3. The van der Waals surface area contributed by atoms with Crippen molar-refractivity contribution in [1.29, 1.82) is 0 Å².